The van der Waals surface area contributed by atoms with Gasteiger partial charge in [-0.2, -0.15) is 0 Å². The highest BCUT2D eigenvalue weighted by Crippen LogP contribution is 2.08. The van der Waals surface area contributed by atoms with Gasteiger partial charge in [-0.05, 0) is 37.0 Å². The summed E-state index contributed by atoms with van der Waals surface area (Å²) in [6.45, 7) is 7.55. The molecule has 23 heavy (non-hydrogen) atoms. The van der Waals surface area contributed by atoms with E-state index >= 15 is 0 Å². The van der Waals surface area contributed by atoms with E-state index in [1.807, 2.05) is 0 Å². The average Bonchev–Trinajstić information content (AvgIpc) is 2.51. The fourth-order valence-electron chi connectivity index (χ4n) is 1.97. The fourth-order valence-corrected chi connectivity index (χ4v) is 2.49. The molecule has 1 unspecified atom stereocenters. The van der Waals surface area contributed by atoms with Crippen LogP contribution in [0.4, 0.5) is 0 Å². The zero-order chi connectivity index (χ0) is 17.3. The number of nitrogens with one attached hydrogen (secondary N) is 1. The lowest BCUT2D eigenvalue weighted by molar-refractivity contribution is -0.122. The van der Waals surface area contributed by atoms with Crippen molar-refractivity contribution in [1.29, 1.82) is 0 Å². The first kappa shape index (κ1) is 19.4. The van der Waals surface area contributed by atoms with Gasteiger partial charge in [0.1, 0.15) is 8.07 Å². The van der Waals surface area contributed by atoms with E-state index in [-0.39, 0.29) is 12.5 Å². The summed E-state index contributed by atoms with van der Waals surface area (Å²) in [6.07, 6.45) is 2.93. The molecule has 4 nitrogen and oxygen atoms in total. The number of carbonyl (C=O) groups is 1. The number of nitrogens with two attached hydrogens (primary N) is 2. The maximum absolute atomic E-state index is 11.5. The van der Waals surface area contributed by atoms with Crippen LogP contribution in [0.3, 0.4) is 0 Å². The third-order valence-electron chi connectivity index (χ3n) is 3.29. The van der Waals surface area contributed by atoms with Crippen molar-refractivity contribution < 1.29 is 4.79 Å². The second kappa shape index (κ2) is 9.51. The number of carbonyl (C=O) groups excluding carboxylic acids is 1. The van der Waals surface area contributed by atoms with E-state index < -0.39 is 14.1 Å². The summed E-state index contributed by atoms with van der Waals surface area (Å²) in [7, 11) is -1.34. The smallest absolute Gasteiger partial charge is 0.238 e. The van der Waals surface area contributed by atoms with Crippen LogP contribution in [0.1, 0.15) is 24.0 Å². The summed E-state index contributed by atoms with van der Waals surface area (Å²) in [5.74, 6) is 3.12. The molecular formula is C18H29N3OSi. The minimum Gasteiger partial charge on any atom is -0.355 e. The minimum atomic E-state index is -1.34. The van der Waals surface area contributed by atoms with E-state index in [1.165, 1.54) is 5.56 Å². The highest BCUT2D eigenvalue weighted by atomic mass is 28.3. The maximum Gasteiger partial charge on any atom is 0.238 e. The predicted octanol–water partition coefficient (Wildman–Crippen LogP) is 1.64. The van der Waals surface area contributed by atoms with Gasteiger partial charge in [0, 0.05) is 18.7 Å². The molecule has 0 radical (unpaired) electrons. The summed E-state index contributed by atoms with van der Waals surface area (Å²) in [5, 5.41) is 2.81. The molecule has 0 aliphatic rings. The molecule has 0 fully saturated rings. The number of amides is 1. The molecule has 0 aliphatic carbocycles. The topological polar surface area (TPSA) is 81.1 Å². The Morgan fingerprint density at radius 2 is 2.04 bits per heavy atom. The van der Waals surface area contributed by atoms with Crippen molar-refractivity contribution >= 4 is 14.0 Å². The van der Waals surface area contributed by atoms with Gasteiger partial charge in [0.15, 0.2) is 0 Å². The second-order valence-electron chi connectivity index (χ2n) is 6.79. The fraction of sp³-hybridized carbons (Fsp3) is 0.500. The van der Waals surface area contributed by atoms with Crippen molar-refractivity contribution in [3.63, 3.8) is 0 Å². The second-order valence-corrected chi connectivity index (χ2v) is 11.5. The van der Waals surface area contributed by atoms with E-state index in [0.29, 0.717) is 6.54 Å². The van der Waals surface area contributed by atoms with Gasteiger partial charge in [0.2, 0.25) is 5.91 Å². The number of rotatable bonds is 7. The molecule has 0 saturated heterocycles. The number of unbranched alkanes of at least 4 members (excludes halogenated alkanes) is 1. The van der Waals surface area contributed by atoms with E-state index in [2.05, 4.69) is 60.7 Å². The van der Waals surface area contributed by atoms with Gasteiger partial charge in [-0.1, -0.05) is 37.7 Å². The number of hydrogen-bond donors (Lipinski definition) is 3. The highest BCUT2D eigenvalue weighted by molar-refractivity contribution is 6.83. The molecule has 0 spiro atoms. The van der Waals surface area contributed by atoms with Gasteiger partial charge in [0.05, 0.1) is 6.04 Å². The molecule has 1 rings (SSSR count). The van der Waals surface area contributed by atoms with Gasteiger partial charge in [-0.25, -0.2) is 0 Å². The Kier molecular flexibility index (Phi) is 8.03. The molecule has 1 aromatic carbocycles. The molecule has 0 aliphatic heterocycles. The molecular weight excluding hydrogens is 302 g/mol. The van der Waals surface area contributed by atoms with Gasteiger partial charge in [-0.15, -0.1) is 5.54 Å². The first-order chi connectivity index (χ1) is 10.8. The van der Waals surface area contributed by atoms with Gasteiger partial charge < -0.3 is 16.8 Å². The minimum absolute atomic E-state index is 0.170. The van der Waals surface area contributed by atoms with Crippen LogP contribution in [0.15, 0.2) is 24.3 Å². The molecule has 1 amide bonds. The lowest BCUT2D eigenvalue weighted by Crippen LogP contribution is -2.45. The molecule has 0 heterocycles. The van der Waals surface area contributed by atoms with Gasteiger partial charge in [0.25, 0.3) is 0 Å². The van der Waals surface area contributed by atoms with Crippen molar-refractivity contribution in [3.05, 3.63) is 35.4 Å². The van der Waals surface area contributed by atoms with Crippen molar-refractivity contribution in [2.75, 3.05) is 13.1 Å². The molecule has 5 heteroatoms. The van der Waals surface area contributed by atoms with E-state index in [1.54, 1.807) is 0 Å². The summed E-state index contributed by atoms with van der Waals surface area (Å²) >= 11 is 0. The average molecular weight is 332 g/mol. The summed E-state index contributed by atoms with van der Waals surface area (Å²) < 4.78 is 0. The highest BCUT2D eigenvalue weighted by Gasteiger charge is 2.09. The zero-order valence-corrected chi connectivity index (χ0v) is 15.5. The molecule has 0 bridgehead atoms. The summed E-state index contributed by atoms with van der Waals surface area (Å²) in [4.78, 5) is 11.5. The Morgan fingerprint density at radius 3 is 2.70 bits per heavy atom. The third-order valence-corrected chi connectivity index (χ3v) is 4.17. The van der Waals surface area contributed by atoms with Crippen LogP contribution in [-0.2, 0) is 11.2 Å². The van der Waals surface area contributed by atoms with Crippen molar-refractivity contribution in [1.82, 2.24) is 5.32 Å². The molecule has 0 saturated carbocycles. The molecule has 1 aromatic rings. The molecule has 1 atom stereocenters. The largest absolute Gasteiger partial charge is 0.355 e. The predicted molar refractivity (Wildman–Crippen MR) is 99.6 cm³/mol. The molecule has 126 valence electrons. The van der Waals surface area contributed by atoms with Crippen LogP contribution in [0.2, 0.25) is 19.6 Å². The molecule has 5 N–H and O–H groups in total. The first-order valence-electron chi connectivity index (χ1n) is 8.17. The quantitative estimate of drug-likeness (QED) is 0.404. The number of benzene rings is 1. The Bertz CT molecular complexity index is 570. The van der Waals surface area contributed by atoms with Crippen LogP contribution in [-0.4, -0.2) is 33.1 Å². The normalized spacial score (nSPS) is 12.2. The van der Waals surface area contributed by atoms with Crippen molar-refractivity contribution in [2.24, 2.45) is 11.5 Å². The maximum atomic E-state index is 11.5. The Morgan fingerprint density at radius 1 is 1.30 bits per heavy atom. The number of aryl methyl sites for hydroxylation is 1. The van der Waals surface area contributed by atoms with Gasteiger partial charge >= 0.3 is 0 Å². The summed E-state index contributed by atoms with van der Waals surface area (Å²) in [6, 6.07) is 7.81. The van der Waals surface area contributed by atoms with Crippen LogP contribution in [0.25, 0.3) is 0 Å². The SMILES string of the molecule is C[Si](C)(C)C#Cc1cccc(CCCCNC(=O)C(N)CN)c1. The molecule has 0 aromatic heterocycles. The van der Waals surface area contributed by atoms with Crippen LogP contribution >= 0.6 is 0 Å². The number of hydrogen-bond acceptors (Lipinski definition) is 3. The lowest BCUT2D eigenvalue weighted by atomic mass is 10.1. The van der Waals surface area contributed by atoms with Crippen LogP contribution < -0.4 is 16.8 Å². The van der Waals surface area contributed by atoms with Crippen LogP contribution in [0.5, 0.6) is 0 Å². The van der Waals surface area contributed by atoms with Gasteiger partial charge in [-0.3, -0.25) is 4.79 Å². The lowest BCUT2D eigenvalue weighted by Gasteiger charge is -2.09. The van der Waals surface area contributed by atoms with E-state index in [9.17, 15) is 4.79 Å². The van der Waals surface area contributed by atoms with E-state index in [4.69, 9.17) is 11.5 Å². The zero-order valence-electron chi connectivity index (χ0n) is 14.5. The summed E-state index contributed by atoms with van der Waals surface area (Å²) in [5.41, 5.74) is 16.7. The Hall–Kier alpha value is -1.61. The van der Waals surface area contributed by atoms with Crippen LogP contribution in [0, 0.1) is 11.5 Å². The Balaban J connectivity index is 2.38. The van der Waals surface area contributed by atoms with E-state index in [0.717, 1.165) is 24.8 Å². The standard InChI is InChI=1S/C18H29N3OSi/c1-23(2,3)12-10-16-9-6-8-15(13-16)7-4-5-11-21-18(22)17(20)14-19/h6,8-9,13,17H,4-5,7,11,14,19-20H2,1-3H3,(H,21,22). The third kappa shape index (κ3) is 8.55. The van der Waals surface area contributed by atoms with Crippen molar-refractivity contribution in [3.8, 4) is 11.5 Å². The monoisotopic (exact) mass is 331 g/mol. The first-order valence-corrected chi connectivity index (χ1v) is 11.7. The van der Waals surface area contributed by atoms with Crippen molar-refractivity contribution in [2.45, 2.75) is 44.9 Å². The Labute approximate surface area is 141 Å².